The molecule has 36 heavy (non-hydrogen) atoms. The lowest BCUT2D eigenvalue weighted by Gasteiger charge is -2.41. The lowest BCUT2D eigenvalue weighted by atomic mass is 9.89. The predicted octanol–water partition coefficient (Wildman–Crippen LogP) is 4.32. The number of thiophene rings is 1. The molecule has 6 nitrogen and oxygen atoms in total. The van der Waals surface area contributed by atoms with E-state index < -0.39 is 10.0 Å². The van der Waals surface area contributed by atoms with Crippen LogP contribution < -0.4 is 0 Å². The smallest absolute Gasteiger partial charge is 0.243 e. The third-order valence-electron chi connectivity index (χ3n) is 7.49. The Bertz CT molecular complexity index is 1320. The zero-order chi connectivity index (χ0) is 25.3. The molecule has 2 unspecified atom stereocenters. The number of fused-ring (bicyclic) bond motifs is 1. The van der Waals surface area contributed by atoms with E-state index >= 15 is 0 Å². The Kier molecular flexibility index (Phi) is 7.30. The zero-order valence-electron chi connectivity index (χ0n) is 20.8. The Morgan fingerprint density at radius 1 is 0.917 bits per heavy atom. The van der Waals surface area contributed by atoms with Crippen LogP contribution in [0, 0.1) is 6.92 Å². The summed E-state index contributed by atoms with van der Waals surface area (Å²) in [5.74, 6) is 0.0752. The van der Waals surface area contributed by atoms with Crippen LogP contribution in [0.5, 0.6) is 0 Å². The maximum atomic E-state index is 13.8. The summed E-state index contributed by atoms with van der Waals surface area (Å²) in [6.07, 6.45) is 1.57. The number of carbonyl (C=O) groups is 1. The van der Waals surface area contributed by atoms with E-state index in [2.05, 4.69) is 47.5 Å². The summed E-state index contributed by atoms with van der Waals surface area (Å²) in [6, 6.07) is 18.9. The molecule has 2 aliphatic rings. The molecule has 1 aromatic heterocycles. The first-order valence-electron chi connectivity index (χ1n) is 12.6. The Hall–Kier alpha value is -2.52. The number of sulfonamides is 1. The molecule has 0 radical (unpaired) electrons. The predicted molar refractivity (Wildman–Crippen MR) is 144 cm³/mol. The molecule has 0 N–H and O–H groups in total. The highest BCUT2D eigenvalue weighted by atomic mass is 32.2. The number of carbonyl (C=O) groups excluding carboxylic acids is 1. The standard InChI is InChI=1S/C28H33N3O3S2/c1-21-9-6-7-12-24(21)27-25-14-20-35-26(25)13-17-31(27)22(2)28(32)29-15-8-16-30(19-18-29)36(33,34)23-10-4-3-5-11-23/h3-7,9-12,14,20,22,27H,8,13,15-19H2,1-2H3. The summed E-state index contributed by atoms with van der Waals surface area (Å²) >= 11 is 1.80. The number of nitrogens with zero attached hydrogens (tertiary/aromatic N) is 3. The summed E-state index contributed by atoms with van der Waals surface area (Å²) in [7, 11) is -3.57. The Labute approximate surface area is 218 Å². The van der Waals surface area contributed by atoms with Crippen molar-refractivity contribution in [2.24, 2.45) is 0 Å². The molecule has 3 heterocycles. The quantitative estimate of drug-likeness (QED) is 0.500. The van der Waals surface area contributed by atoms with Gasteiger partial charge in [-0.15, -0.1) is 11.3 Å². The molecule has 1 fully saturated rings. The van der Waals surface area contributed by atoms with Crippen molar-refractivity contribution in [2.75, 3.05) is 32.7 Å². The van der Waals surface area contributed by atoms with Crippen LogP contribution in [-0.4, -0.2) is 67.2 Å². The summed E-state index contributed by atoms with van der Waals surface area (Å²) in [5, 5.41) is 2.16. The second-order valence-corrected chi connectivity index (χ2v) is 12.6. The molecule has 0 bridgehead atoms. The van der Waals surface area contributed by atoms with Gasteiger partial charge >= 0.3 is 0 Å². The molecule has 1 amide bonds. The Balaban J connectivity index is 1.35. The van der Waals surface area contributed by atoms with E-state index in [-0.39, 0.29) is 18.0 Å². The first-order chi connectivity index (χ1) is 17.4. The van der Waals surface area contributed by atoms with Gasteiger partial charge in [0.25, 0.3) is 0 Å². The molecule has 8 heteroatoms. The van der Waals surface area contributed by atoms with E-state index in [1.54, 1.807) is 35.6 Å². The minimum absolute atomic E-state index is 0.0436. The molecule has 5 rings (SSSR count). The van der Waals surface area contributed by atoms with E-state index in [1.807, 2.05) is 17.9 Å². The number of rotatable bonds is 5. The van der Waals surface area contributed by atoms with Gasteiger partial charge in [0, 0.05) is 37.6 Å². The van der Waals surface area contributed by atoms with E-state index in [0.29, 0.717) is 37.5 Å². The molecular formula is C28H33N3O3S2. The number of benzene rings is 2. The second-order valence-electron chi connectivity index (χ2n) is 9.62. The molecule has 190 valence electrons. The van der Waals surface area contributed by atoms with Gasteiger partial charge in [-0.25, -0.2) is 8.42 Å². The molecule has 0 aliphatic carbocycles. The van der Waals surface area contributed by atoms with Crippen LogP contribution in [0.15, 0.2) is 70.9 Å². The molecular weight excluding hydrogens is 490 g/mol. The van der Waals surface area contributed by atoms with Crippen LogP contribution in [0.1, 0.15) is 41.0 Å². The third kappa shape index (κ3) is 4.75. The van der Waals surface area contributed by atoms with Gasteiger partial charge in [0.1, 0.15) is 0 Å². The fraction of sp³-hybridized carbons (Fsp3) is 0.393. The van der Waals surface area contributed by atoms with Gasteiger partial charge in [-0.1, -0.05) is 42.5 Å². The van der Waals surface area contributed by atoms with Crippen LogP contribution in [0.25, 0.3) is 0 Å². The number of hydrogen-bond donors (Lipinski definition) is 0. The van der Waals surface area contributed by atoms with Crippen molar-refractivity contribution in [1.29, 1.82) is 0 Å². The molecule has 3 aromatic rings. The molecule has 2 aliphatic heterocycles. The van der Waals surface area contributed by atoms with Crippen molar-refractivity contribution < 1.29 is 13.2 Å². The van der Waals surface area contributed by atoms with E-state index in [1.165, 1.54) is 25.9 Å². The summed E-state index contributed by atoms with van der Waals surface area (Å²) in [5.41, 5.74) is 3.77. The summed E-state index contributed by atoms with van der Waals surface area (Å²) < 4.78 is 27.8. The minimum Gasteiger partial charge on any atom is -0.340 e. The van der Waals surface area contributed by atoms with Gasteiger partial charge in [0.05, 0.1) is 17.0 Å². The highest BCUT2D eigenvalue weighted by molar-refractivity contribution is 7.89. The van der Waals surface area contributed by atoms with E-state index in [4.69, 9.17) is 0 Å². The average molecular weight is 524 g/mol. The maximum absolute atomic E-state index is 13.8. The minimum atomic E-state index is -3.57. The largest absolute Gasteiger partial charge is 0.340 e. The van der Waals surface area contributed by atoms with Crippen LogP contribution in [0.3, 0.4) is 0 Å². The summed E-state index contributed by atoms with van der Waals surface area (Å²) in [4.78, 5) is 19.7. The summed E-state index contributed by atoms with van der Waals surface area (Å²) in [6.45, 7) is 6.67. The lowest BCUT2D eigenvalue weighted by Crippen LogP contribution is -2.51. The van der Waals surface area contributed by atoms with Crippen molar-refractivity contribution in [2.45, 2.75) is 43.7 Å². The third-order valence-corrected chi connectivity index (χ3v) is 10.4. The zero-order valence-corrected chi connectivity index (χ0v) is 22.5. The molecule has 2 atom stereocenters. The van der Waals surface area contributed by atoms with Crippen LogP contribution in [0.4, 0.5) is 0 Å². The maximum Gasteiger partial charge on any atom is 0.243 e. The van der Waals surface area contributed by atoms with Crippen LogP contribution in [-0.2, 0) is 21.2 Å². The van der Waals surface area contributed by atoms with E-state index in [9.17, 15) is 13.2 Å². The average Bonchev–Trinajstić information content (AvgIpc) is 3.23. The van der Waals surface area contributed by atoms with Crippen molar-refractivity contribution in [3.05, 3.63) is 87.6 Å². The highest BCUT2D eigenvalue weighted by Gasteiger charge is 2.38. The Morgan fingerprint density at radius 2 is 1.67 bits per heavy atom. The fourth-order valence-corrected chi connectivity index (χ4v) is 7.89. The fourth-order valence-electron chi connectivity index (χ4n) is 5.49. The van der Waals surface area contributed by atoms with Crippen molar-refractivity contribution in [3.8, 4) is 0 Å². The topological polar surface area (TPSA) is 60.9 Å². The second kappa shape index (κ2) is 10.5. The van der Waals surface area contributed by atoms with Crippen molar-refractivity contribution >= 4 is 27.3 Å². The number of amides is 1. The van der Waals surface area contributed by atoms with Crippen molar-refractivity contribution in [1.82, 2.24) is 14.1 Å². The molecule has 2 aromatic carbocycles. The van der Waals surface area contributed by atoms with E-state index in [0.717, 1.165) is 13.0 Å². The van der Waals surface area contributed by atoms with Gasteiger partial charge in [-0.3, -0.25) is 9.69 Å². The monoisotopic (exact) mass is 523 g/mol. The van der Waals surface area contributed by atoms with Gasteiger partial charge in [0.15, 0.2) is 0 Å². The van der Waals surface area contributed by atoms with Gasteiger partial charge < -0.3 is 4.90 Å². The van der Waals surface area contributed by atoms with Crippen LogP contribution in [0.2, 0.25) is 0 Å². The first kappa shape index (κ1) is 25.1. The molecule has 0 spiro atoms. The number of hydrogen-bond acceptors (Lipinski definition) is 5. The highest BCUT2D eigenvalue weighted by Crippen LogP contribution is 2.40. The normalized spacial score (nSPS) is 20.5. The van der Waals surface area contributed by atoms with Gasteiger partial charge in [-0.2, -0.15) is 4.31 Å². The number of aryl methyl sites for hydroxylation is 1. The molecule has 0 saturated carbocycles. The molecule has 1 saturated heterocycles. The van der Waals surface area contributed by atoms with Gasteiger partial charge in [-0.05, 0) is 67.0 Å². The Morgan fingerprint density at radius 3 is 2.44 bits per heavy atom. The van der Waals surface area contributed by atoms with Crippen molar-refractivity contribution in [3.63, 3.8) is 0 Å². The lowest BCUT2D eigenvalue weighted by molar-refractivity contribution is -0.137. The van der Waals surface area contributed by atoms with Gasteiger partial charge in [0.2, 0.25) is 15.9 Å². The first-order valence-corrected chi connectivity index (χ1v) is 14.9. The SMILES string of the molecule is Cc1ccccc1C1c2ccsc2CCN1C(C)C(=O)N1CCCN(S(=O)(=O)c2ccccc2)CC1. The van der Waals surface area contributed by atoms with Crippen LogP contribution >= 0.6 is 11.3 Å².